The first-order valence-corrected chi connectivity index (χ1v) is 7.15. The van der Waals surface area contributed by atoms with Crippen LogP contribution in [0.4, 0.5) is 0 Å². The lowest BCUT2D eigenvalue weighted by molar-refractivity contribution is 0.0198. The second-order valence-corrected chi connectivity index (χ2v) is 5.35. The Morgan fingerprint density at radius 2 is 1.80 bits per heavy atom. The Kier molecular flexibility index (Phi) is 3.85. The van der Waals surface area contributed by atoms with Crippen molar-refractivity contribution in [1.82, 2.24) is 14.7 Å². The van der Waals surface area contributed by atoms with E-state index < -0.39 is 0 Å². The summed E-state index contributed by atoms with van der Waals surface area (Å²) in [4.78, 5) is 2.47. The highest BCUT2D eigenvalue weighted by Gasteiger charge is 2.18. The SMILES string of the molecule is C[C@@H](c1ccc(-c2cnn(C)c2)cc1)N1CCOCC1. The smallest absolute Gasteiger partial charge is 0.0594 e. The first kappa shape index (κ1) is 13.3. The fraction of sp³-hybridized carbons (Fsp3) is 0.438. The van der Waals surface area contributed by atoms with E-state index in [-0.39, 0.29) is 0 Å². The first-order chi connectivity index (χ1) is 9.74. The highest BCUT2D eigenvalue weighted by molar-refractivity contribution is 5.62. The molecule has 0 aliphatic carbocycles. The maximum atomic E-state index is 5.41. The van der Waals surface area contributed by atoms with Crippen LogP contribution in [0.3, 0.4) is 0 Å². The summed E-state index contributed by atoms with van der Waals surface area (Å²) in [6, 6.07) is 9.26. The average Bonchev–Trinajstić information content (AvgIpc) is 2.94. The third-order valence-electron chi connectivity index (χ3n) is 4.02. The summed E-state index contributed by atoms with van der Waals surface area (Å²) >= 11 is 0. The molecule has 1 aromatic heterocycles. The van der Waals surface area contributed by atoms with Crippen molar-refractivity contribution in [2.24, 2.45) is 7.05 Å². The van der Waals surface area contributed by atoms with Crippen LogP contribution in [-0.2, 0) is 11.8 Å². The van der Waals surface area contributed by atoms with Crippen molar-refractivity contribution in [3.63, 3.8) is 0 Å². The highest BCUT2D eigenvalue weighted by Crippen LogP contribution is 2.25. The number of aryl methyl sites for hydroxylation is 1. The Hall–Kier alpha value is -1.65. The fourth-order valence-corrected chi connectivity index (χ4v) is 2.70. The van der Waals surface area contributed by atoms with Crippen molar-refractivity contribution >= 4 is 0 Å². The molecule has 2 heterocycles. The van der Waals surface area contributed by atoms with Gasteiger partial charge in [0.15, 0.2) is 0 Å². The predicted molar refractivity (Wildman–Crippen MR) is 79.5 cm³/mol. The summed E-state index contributed by atoms with van der Waals surface area (Å²) in [5.41, 5.74) is 3.74. The normalized spacial score (nSPS) is 18.1. The Labute approximate surface area is 120 Å². The molecule has 1 aliphatic heterocycles. The lowest BCUT2D eigenvalue weighted by atomic mass is 10.0. The van der Waals surface area contributed by atoms with E-state index in [9.17, 15) is 0 Å². The molecule has 3 rings (SSSR count). The first-order valence-electron chi connectivity index (χ1n) is 7.15. The van der Waals surface area contributed by atoms with E-state index in [4.69, 9.17) is 4.74 Å². The summed E-state index contributed by atoms with van der Waals surface area (Å²) in [7, 11) is 1.94. The van der Waals surface area contributed by atoms with Gasteiger partial charge in [-0.3, -0.25) is 9.58 Å². The molecule has 0 radical (unpaired) electrons. The van der Waals surface area contributed by atoms with Crippen LogP contribution < -0.4 is 0 Å². The minimum atomic E-state index is 0.446. The number of benzene rings is 1. The van der Waals surface area contributed by atoms with Crippen LogP contribution in [-0.4, -0.2) is 41.0 Å². The Morgan fingerprint density at radius 3 is 2.40 bits per heavy atom. The van der Waals surface area contributed by atoms with Gasteiger partial charge >= 0.3 is 0 Å². The van der Waals surface area contributed by atoms with Crippen molar-refractivity contribution in [3.8, 4) is 11.1 Å². The second-order valence-electron chi connectivity index (χ2n) is 5.35. The summed E-state index contributed by atoms with van der Waals surface area (Å²) in [6.07, 6.45) is 3.95. The van der Waals surface area contributed by atoms with Gasteiger partial charge in [-0.25, -0.2) is 0 Å². The van der Waals surface area contributed by atoms with E-state index in [1.54, 1.807) is 0 Å². The van der Waals surface area contributed by atoms with Crippen molar-refractivity contribution in [2.75, 3.05) is 26.3 Å². The molecule has 0 amide bonds. The maximum absolute atomic E-state index is 5.41. The zero-order valence-electron chi connectivity index (χ0n) is 12.1. The lowest BCUT2D eigenvalue weighted by Crippen LogP contribution is -2.37. The number of rotatable bonds is 3. The van der Waals surface area contributed by atoms with Gasteiger partial charge < -0.3 is 4.74 Å². The van der Waals surface area contributed by atoms with Crippen LogP contribution in [0, 0.1) is 0 Å². The van der Waals surface area contributed by atoms with Crippen LogP contribution in [0.1, 0.15) is 18.5 Å². The zero-order valence-corrected chi connectivity index (χ0v) is 12.1. The maximum Gasteiger partial charge on any atom is 0.0594 e. The monoisotopic (exact) mass is 271 g/mol. The topological polar surface area (TPSA) is 30.3 Å². The van der Waals surface area contributed by atoms with Crippen molar-refractivity contribution < 1.29 is 4.74 Å². The van der Waals surface area contributed by atoms with Gasteiger partial charge in [0.1, 0.15) is 0 Å². The van der Waals surface area contributed by atoms with Gasteiger partial charge in [-0.1, -0.05) is 24.3 Å². The molecule has 1 saturated heterocycles. The molecule has 106 valence electrons. The molecule has 0 unspecified atom stereocenters. The van der Waals surface area contributed by atoms with Crippen molar-refractivity contribution in [1.29, 1.82) is 0 Å². The standard InChI is InChI=1S/C16H21N3O/c1-13(19-7-9-20-10-8-19)14-3-5-15(6-4-14)16-11-17-18(2)12-16/h3-6,11-13H,7-10H2,1-2H3/t13-/m0/s1. The van der Waals surface area contributed by atoms with Gasteiger partial charge in [0.25, 0.3) is 0 Å². The lowest BCUT2D eigenvalue weighted by Gasteiger charge is -2.32. The summed E-state index contributed by atoms with van der Waals surface area (Å²) in [5.74, 6) is 0. The van der Waals surface area contributed by atoms with Gasteiger partial charge in [0, 0.05) is 37.9 Å². The van der Waals surface area contributed by atoms with Gasteiger partial charge in [-0.05, 0) is 18.1 Å². The predicted octanol–water partition coefficient (Wildman–Crippen LogP) is 2.48. The van der Waals surface area contributed by atoms with Crippen LogP contribution in [0.5, 0.6) is 0 Å². The molecule has 4 heteroatoms. The van der Waals surface area contributed by atoms with Gasteiger partial charge in [-0.15, -0.1) is 0 Å². The molecule has 20 heavy (non-hydrogen) atoms. The van der Waals surface area contributed by atoms with Crippen LogP contribution >= 0.6 is 0 Å². The van der Waals surface area contributed by atoms with Crippen molar-refractivity contribution in [2.45, 2.75) is 13.0 Å². The van der Waals surface area contributed by atoms with E-state index in [0.29, 0.717) is 6.04 Å². The Bertz CT molecular complexity index is 555. The Morgan fingerprint density at radius 1 is 1.10 bits per heavy atom. The third kappa shape index (κ3) is 2.76. The minimum Gasteiger partial charge on any atom is -0.379 e. The van der Waals surface area contributed by atoms with E-state index in [1.807, 2.05) is 24.1 Å². The number of hydrogen-bond acceptors (Lipinski definition) is 3. The largest absolute Gasteiger partial charge is 0.379 e. The molecule has 1 aliphatic rings. The van der Waals surface area contributed by atoms with Crippen LogP contribution in [0.15, 0.2) is 36.7 Å². The van der Waals surface area contributed by atoms with Gasteiger partial charge in [-0.2, -0.15) is 5.10 Å². The molecule has 1 atom stereocenters. The molecule has 2 aromatic rings. The van der Waals surface area contributed by atoms with E-state index >= 15 is 0 Å². The van der Waals surface area contributed by atoms with Crippen LogP contribution in [0.2, 0.25) is 0 Å². The van der Waals surface area contributed by atoms with Crippen LogP contribution in [0.25, 0.3) is 11.1 Å². The average molecular weight is 271 g/mol. The van der Waals surface area contributed by atoms with Gasteiger partial charge in [0.2, 0.25) is 0 Å². The molecule has 4 nitrogen and oxygen atoms in total. The summed E-state index contributed by atoms with van der Waals surface area (Å²) < 4.78 is 7.25. The fourth-order valence-electron chi connectivity index (χ4n) is 2.70. The molecule has 1 aromatic carbocycles. The molecule has 0 saturated carbocycles. The number of ether oxygens (including phenoxy) is 1. The molecule has 0 bridgehead atoms. The molecular weight excluding hydrogens is 250 g/mol. The zero-order chi connectivity index (χ0) is 13.9. The van der Waals surface area contributed by atoms with Crippen molar-refractivity contribution in [3.05, 3.63) is 42.2 Å². The summed E-state index contributed by atoms with van der Waals surface area (Å²) in [5, 5.41) is 4.22. The minimum absolute atomic E-state index is 0.446. The molecular formula is C16H21N3O. The van der Waals surface area contributed by atoms with E-state index in [1.165, 1.54) is 11.1 Å². The van der Waals surface area contributed by atoms with Gasteiger partial charge in [0.05, 0.1) is 19.4 Å². The Balaban J connectivity index is 1.75. The third-order valence-corrected chi connectivity index (χ3v) is 4.02. The highest BCUT2D eigenvalue weighted by atomic mass is 16.5. The number of hydrogen-bond donors (Lipinski definition) is 0. The second kappa shape index (κ2) is 5.77. The number of aromatic nitrogens is 2. The number of morpholine rings is 1. The summed E-state index contributed by atoms with van der Waals surface area (Å²) in [6.45, 7) is 6.00. The molecule has 0 spiro atoms. The van der Waals surface area contributed by atoms with E-state index in [0.717, 1.165) is 31.9 Å². The molecule has 1 fully saturated rings. The molecule has 0 N–H and O–H groups in total. The number of nitrogens with zero attached hydrogens (tertiary/aromatic N) is 3. The van der Waals surface area contributed by atoms with E-state index in [2.05, 4.69) is 41.2 Å². The quantitative estimate of drug-likeness (QED) is 0.859.